The highest BCUT2D eigenvalue weighted by atomic mass is 28.4. The topological polar surface area (TPSA) is 55.8 Å². The van der Waals surface area contributed by atoms with Crippen molar-refractivity contribution in [2.75, 3.05) is 0 Å². The van der Waals surface area contributed by atoms with E-state index in [0.29, 0.717) is 6.42 Å². The van der Waals surface area contributed by atoms with Crippen LogP contribution in [0.2, 0.25) is 18.1 Å². The highest BCUT2D eigenvalue weighted by Gasteiger charge is 2.53. The molecular formula is C20H37NO4Si. The van der Waals surface area contributed by atoms with Gasteiger partial charge in [0.25, 0.3) is 0 Å². The summed E-state index contributed by atoms with van der Waals surface area (Å²) >= 11 is 0. The molecule has 2 aliphatic heterocycles. The van der Waals surface area contributed by atoms with Gasteiger partial charge in [0.15, 0.2) is 8.32 Å². The number of Topliss-reactive ketones (excluding diaryl/α,β-unsaturated/α-hetero) is 1. The number of piperidine rings is 1. The molecule has 2 saturated heterocycles. The second-order valence-corrected chi connectivity index (χ2v) is 15.2. The summed E-state index contributed by atoms with van der Waals surface area (Å²) in [6, 6.07) is -0.116. The summed E-state index contributed by atoms with van der Waals surface area (Å²) in [4.78, 5) is 27.4. The van der Waals surface area contributed by atoms with Crippen LogP contribution in [0.15, 0.2) is 0 Å². The van der Waals surface area contributed by atoms with Crippen LogP contribution in [0.25, 0.3) is 0 Å². The Balaban J connectivity index is 2.20. The van der Waals surface area contributed by atoms with Gasteiger partial charge in [-0.1, -0.05) is 20.8 Å². The van der Waals surface area contributed by atoms with Crippen LogP contribution >= 0.6 is 0 Å². The highest BCUT2D eigenvalue weighted by Crippen LogP contribution is 2.43. The van der Waals surface area contributed by atoms with E-state index in [2.05, 4.69) is 33.9 Å². The van der Waals surface area contributed by atoms with E-state index in [0.717, 1.165) is 12.8 Å². The molecule has 0 N–H and O–H groups in total. The molecule has 2 bridgehead atoms. The maximum atomic E-state index is 12.8. The molecular weight excluding hydrogens is 346 g/mol. The second kappa shape index (κ2) is 6.93. The van der Waals surface area contributed by atoms with Crippen LogP contribution < -0.4 is 0 Å². The molecule has 2 heterocycles. The van der Waals surface area contributed by atoms with Gasteiger partial charge in [-0.25, -0.2) is 4.79 Å². The SMILES string of the molecule is CC(O[Si](C)(C)C(C)(C)C)[C@H]1C(=O)C[C@H]2CC[C@@H]1N2C(=O)OC(C)(C)C. The quantitative estimate of drug-likeness (QED) is 0.660. The molecule has 150 valence electrons. The van der Waals surface area contributed by atoms with Crippen LogP contribution in [0.1, 0.15) is 67.7 Å². The first-order valence-electron chi connectivity index (χ1n) is 9.86. The molecule has 0 aromatic rings. The van der Waals surface area contributed by atoms with Gasteiger partial charge in [0.05, 0.1) is 12.0 Å². The molecule has 4 atom stereocenters. The molecule has 1 unspecified atom stereocenters. The molecule has 0 aliphatic carbocycles. The summed E-state index contributed by atoms with van der Waals surface area (Å²) in [5, 5.41) is 0.0854. The predicted molar refractivity (Wildman–Crippen MR) is 106 cm³/mol. The van der Waals surface area contributed by atoms with Crippen LogP contribution in [0, 0.1) is 5.92 Å². The van der Waals surface area contributed by atoms with Crippen molar-refractivity contribution in [1.82, 2.24) is 4.90 Å². The normalized spacial score (nSPS) is 28.3. The van der Waals surface area contributed by atoms with Gasteiger partial charge >= 0.3 is 6.09 Å². The highest BCUT2D eigenvalue weighted by molar-refractivity contribution is 6.74. The lowest BCUT2D eigenvalue weighted by molar-refractivity contribution is -0.133. The number of fused-ring (bicyclic) bond motifs is 2. The Labute approximate surface area is 159 Å². The fraction of sp³-hybridized carbons (Fsp3) is 0.900. The van der Waals surface area contributed by atoms with Gasteiger partial charge in [0.2, 0.25) is 0 Å². The Morgan fingerprint density at radius 1 is 1.15 bits per heavy atom. The molecule has 6 heteroatoms. The minimum absolute atomic E-state index is 0.0151. The van der Waals surface area contributed by atoms with Crippen molar-refractivity contribution < 1.29 is 18.8 Å². The van der Waals surface area contributed by atoms with Gasteiger partial charge in [0, 0.05) is 18.5 Å². The molecule has 0 radical (unpaired) electrons. The fourth-order valence-corrected chi connectivity index (χ4v) is 5.37. The number of nitrogens with zero attached hydrogens (tertiary/aromatic N) is 1. The smallest absolute Gasteiger partial charge is 0.410 e. The predicted octanol–water partition coefficient (Wildman–Crippen LogP) is 4.75. The zero-order valence-electron chi connectivity index (χ0n) is 18.0. The van der Waals surface area contributed by atoms with E-state index in [1.54, 1.807) is 0 Å². The third-order valence-corrected chi connectivity index (χ3v) is 10.7. The Bertz CT molecular complexity index is 561. The average Bonchev–Trinajstić information content (AvgIpc) is 2.70. The third-order valence-electron chi connectivity index (χ3n) is 6.17. The van der Waals surface area contributed by atoms with Crippen molar-refractivity contribution in [2.45, 2.75) is 110 Å². The number of hydrogen-bond acceptors (Lipinski definition) is 4. The molecule has 0 spiro atoms. The average molecular weight is 384 g/mol. The molecule has 0 aromatic carbocycles. The van der Waals surface area contributed by atoms with Crippen LogP contribution in [0.4, 0.5) is 4.79 Å². The van der Waals surface area contributed by atoms with Crippen molar-refractivity contribution >= 4 is 20.2 Å². The lowest BCUT2D eigenvalue weighted by Gasteiger charge is -2.45. The zero-order valence-corrected chi connectivity index (χ0v) is 19.0. The maximum Gasteiger partial charge on any atom is 0.410 e. The number of ether oxygens (including phenoxy) is 1. The van der Waals surface area contributed by atoms with Crippen molar-refractivity contribution in [2.24, 2.45) is 5.92 Å². The van der Waals surface area contributed by atoms with Crippen molar-refractivity contribution in [3.05, 3.63) is 0 Å². The fourth-order valence-electron chi connectivity index (χ4n) is 3.94. The number of hydrogen-bond donors (Lipinski definition) is 0. The molecule has 1 amide bonds. The molecule has 2 rings (SSSR count). The molecule has 2 fully saturated rings. The van der Waals surface area contributed by atoms with Gasteiger partial charge in [-0.05, 0) is 58.7 Å². The van der Waals surface area contributed by atoms with Crippen LogP contribution in [-0.4, -0.2) is 48.9 Å². The van der Waals surface area contributed by atoms with Crippen molar-refractivity contribution in [1.29, 1.82) is 0 Å². The van der Waals surface area contributed by atoms with E-state index in [9.17, 15) is 9.59 Å². The van der Waals surface area contributed by atoms with Gasteiger partial charge in [-0.3, -0.25) is 4.79 Å². The first-order valence-corrected chi connectivity index (χ1v) is 12.8. The van der Waals surface area contributed by atoms with E-state index in [-0.39, 0.29) is 41.0 Å². The Kier molecular flexibility index (Phi) is 5.71. The molecule has 26 heavy (non-hydrogen) atoms. The van der Waals surface area contributed by atoms with Gasteiger partial charge < -0.3 is 14.1 Å². The summed E-state index contributed by atoms with van der Waals surface area (Å²) in [6.45, 7) is 18.7. The monoisotopic (exact) mass is 383 g/mol. The number of rotatable bonds is 3. The zero-order chi connectivity index (χ0) is 20.1. The van der Waals surface area contributed by atoms with Gasteiger partial charge in [-0.15, -0.1) is 0 Å². The third kappa shape index (κ3) is 4.33. The first-order chi connectivity index (χ1) is 11.6. The van der Waals surface area contributed by atoms with Crippen molar-refractivity contribution in [3.63, 3.8) is 0 Å². The lowest BCUT2D eigenvalue weighted by atomic mass is 9.85. The minimum Gasteiger partial charge on any atom is -0.444 e. The number of ketones is 1. The Morgan fingerprint density at radius 3 is 2.23 bits per heavy atom. The molecule has 2 aliphatic rings. The van der Waals surface area contributed by atoms with Crippen LogP contribution in [0.5, 0.6) is 0 Å². The standard InChI is InChI=1S/C20H37NO4Si/c1-13(25-26(8,9)20(5,6)7)17-15-11-10-14(12-16(17)22)21(15)18(23)24-19(2,3)4/h13-15,17H,10-12H2,1-9H3/t13?,14-,15+,17-/m1/s1. The van der Waals surface area contributed by atoms with Gasteiger partial charge in [0.1, 0.15) is 11.4 Å². The van der Waals surface area contributed by atoms with Crippen molar-refractivity contribution in [3.8, 4) is 0 Å². The lowest BCUT2D eigenvalue weighted by Crippen LogP contribution is -2.57. The van der Waals surface area contributed by atoms with Crippen LogP contribution in [0.3, 0.4) is 0 Å². The largest absolute Gasteiger partial charge is 0.444 e. The van der Waals surface area contributed by atoms with E-state index in [4.69, 9.17) is 9.16 Å². The molecule has 0 saturated carbocycles. The Morgan fingerprint density at radius 2 is 1.73 bits per heavy atom. The number of amides is 1. The number of carbonyl (C=O) groups is 2. The Hall–Kier alpha value is -0.883. The van der Waals surface area contributed by atoms with E-state index < -0.39 is 13.9 Å². The molecule has 0 aromatic heterocycles. The van der Waals surface area contributed by atoms with Gasteiger partial charge in [-0.2, -0.15) is 0 Å². The summed E-state index contributed by atoms with van der Waals surface area (Å²) in [5.74, 6) is -0.0149. The first kappa shape index (κ1) is 21.4. The maximum absolute atomic E-state index is 12.8. The van der Waals surface area contributed by atoms with E-state index >= 15 is 0 Å². The minimum atomic E-state index is -1.98. The second-order valence-electron chi connectivity index (χ2n) is 10.5. The summed E-state index contributed by atoms with van der Waals surface area (Å²) in [5.41, 5.74) is -0.531. The van der Waals surface area contributed by atoms with E-state index in [1.807, 2.05) is 32.6 Å². The number of carbonyl (C=O) groups excluding carboxylic acids is 2. The summed E-state index contributed by atoms with van der Waals surface area (Å²) in [7, 11) is -1.98. The van der Waals surface area contributed by atoms with Crippen LogP contribution in [-0.2, 0) is 14.0 Å². The molecule has 5 nitrogen and oxygen atoms in total. The summed E-state index contributed by atoms with van der Waals surface area (Å²) in [6.07, 6.45) is 1.68. The van der Waals surface area contributed by atoms with E-state index in [1.165, 1.54) is 0 Å². The summed E-state index contributed by atoms with van der Waals surface area (Å²) < 4.78 is 12.2.